The number of aromatic nitrogens is 3. The van der Waals surface area contributed by atoms with E-state index in [2.05, 4.69) is 38.7 Å². The van der Waals surface area contributed by atoms with Gasteiger partial charge in [-0.2, -0.15) is 0 Å². The lowest BCUT2D eigenvalue weighted by atomic mass is 9.93. The van der Waals surface area contributed by atoms with Gasteiger partial charge in [0, 0.05) is 17.3 Å². The number of carbonyl (C=O) groups is 1. The number of hydrogen-bond donors (Lipinski definition) is 2. The van der Waals surface area contributed by atoms with Gasteiger partial charge in [-0.25, -0.2) is 9.37 Å². The molecule has 9 heteroatoms. The van der Waals surface area contributed by atoms with Gasteiger partial charge < -0.3 is 10.6 Å². The van der Waals surface area contributed by atoms with Gasteiger partial charge in [0.25, 0.3) is 0 Å². The van der Waals surface area contributed by atoms with E-state index in [0.717, 1.165) is 54.0 Å². The normalized spacial score (nSPS) is 15.0. The van der Waals surface area contributed by atoms with E-state index >= 15 is 0 Å². The number of nitrogens with zero attached hydrogens (tertiary/aromatic N) is 4. The largest absolute Gasteiger partial charge is 0.325 e. The number of rotatable bonds is 7. The van der Waals surface area contributed by atoms with Crippen LogP contribution in [-0.2, 0) is 11.2 Å². The zero-order chi connectivity index (χ0) is 21.6. The van der Waals surface area contributed by atoms with E-state index in [4.69, 9.17) is 4.98 Å². The van der Waals surface area contributed by atoms with E-state index < -0.39 is 0 Å². The molecule has 3 heterocycles. The number of anilines is 3. The van der Waals surface area contributed by atoms with Crippen molar-refractivity contribution in [3.63, 3.8) is 0 Å². The average molecular weight is 441 g/mol. The Bertz CT molecular complexity index is 1020. The van der Waals surface area contributed by atoms with Crippen LogP contribution in [0.4, 0.5) is 21.0 Å². The lowest BCUT2D eigenvalue weighted by Gasteiger charge is -2.31. The summed E-state index contributed by atoms with van der Waals surface area (Å²) in [5, 5.41) is 16.1. The summed E-state index contributed by atoms with van der Waals surface area (Å²) in [7, 11) is 0. The Morgan fingerprint density at radius 2 is 1.94 bits per heavy atom. The third-order valence-electron chi connectivity index (χ3n) is 5.28. The maximum absolute atomic E-state index is 13.0. The summed E-state index contributed by atoms with van der Waals surface area (Å²) in [5.41, 5.74) is 1.66. The Kier molecular flexibility index (Phi) is 6.83. The van der Waals surface area contributed by atoms with Crippen molar-refractivity contribution in [3.05, 3.63) is 59.0 Å². The minimum Gasteiger partial charge on any atom is -0.325 e. The summed E-state index contributed by atoms with van der Waals surface area (Å²) in [6, 6.07) is 11.8. The summed E-state index contributed by atoms with van der Waals surface area (Å²) in [5.74, 6) is 0.732. The van der Waals surface area contributed by atoms with Crippen molar-refractivity contribution in [1.82, 2.24) is 20.1 Å². The van der Waals surface area contributed by atoms with Crippen LogP contribution < -0.4 is 10.6 Å². The lowest BCUT2D eigenvalue weighted by Crippen LogP contribution is -2.38. The molecule has 4 rings (SSSR count). The zero-order valence-electron chi connectivity index (χ0n) is 17.3. The van der Waals surface area contributed by atoms with Crippen LogP contribution >= 0.6 is 11.3 Å². The van der Waals surface area contributed by atoms with Crippen molar-refractivity contribution in [2.75, 3.05) is 30.3 Å². The molecule has 0 aliphatic carbocycles. The first kappa shape index (κ1) is 21.3. The zero-order valence-corrected chi connectivity index (χ0v) is 18.2. The van der Waals surface area contributed by atoms with E-state index in [9.17, 15) is 9.18 Å². The number of nitrogens with one attached hydrogen (secondary N) is 2. The molecule has 2 N–H and O–H groups in total. The molecule has 1 saturated heterocycles. The molecular weight excluding hydrogens is 415 g/mol. The van der Waals surface area contributed by atoms with Crippen molar-refractivity contribution >= 4 is 33.9 Å². The Labute approximate surface area is 184 Å². The van der Waals surface area contributed by atoms with Crippen LogP contribution in [0.1, 0.15) is 36.4 Å². The Morgan fingerprint density at radius 1 is 1.16 bits per heavy atom. The molecule has 7 nitrogen and oxygen atoms in total. The minimum atomic E-state index is -0.318. The fourth-order valence-corrected chi connectivity index (χ4v) is 4.32. The third kappa shape index (κ3) is 5.83. The molecule has 0 bridgehead atoms. The van der Waals surface area contributed by atoms with Crippen molar-refractivity contribution < 1.29 is 9.18 Å². The van der Waals surface area contributed by atoms with Crippen molar-refractivity contribution in [1.29, 1.82) is 0 Å². The molecule has 3 aromatic rings. The molecular formula is C22H25FN6OS. The molecule has 0 saturated carbocycles. The molecule has 0 atom stereocenters. The summed E-state index contributed by atoms with van der Waals surface area (Å²) in [6.45, 7) is 4.05. The average Bonchev–Trinajstić information content (AvgIpc) is 3.23. The Hall–Kier alpha value is -2.91. The molecule has 1 aliphatic rings. The van der Waals surface area contributed by atoms with Gasteiger partial charge in [-0.15, -0.1) is 10.2 Å². The first-order valence-electron chi connectivity index (χ1n) is 10.4. The molecule has 0 spiro atoms. The van der Waals surface area contributed by atoms with Crippen LogP contribution in [0.2, 0.25) is 0 Å². The lowest BCUT2D eigenvalue weighted by molar-refractivity contribution is -0.117. The van der Waals surface area contributed by atoms with Gasteiger partial charge in [0.05, 0.1) is 6.54 Å². The third-order valence-corrected chi connectivity index (χ3v) is 6.26. The van der Waals surface area contributed by atoms with Gasteiger partial charge in [-0.05, 0) is 68.8 Å². The highest BCUT2D eigenvalue weighted by Gasteiger charge is 2.23. The number of likely N-dealkylation sites (tertiary alicyclic amines) is 1. The number of amides is 1. The van der Waals surface area contributed by atoms with Gasteiger partial charge in [-0.1, -0.05) is 24.3 Å². The predicted octanol–water partition coefficient (Wildman–Crippen LogP) is 4.20. The SMILES string of the molecule is CCc1nnc(Nc2cccc(C3CCN(CC(=O)Nc4ccc(F)cc4)CC3)n2)s1. The minimum absolute atomic E-state index is 0.0853. The van der Waals surface area contributed by atoms with Gasteiger partial charge >= 0.3 is 0 Å². The molecule has 162 valence electrons. The highest BCUT2D eigenvalue weighted by atomic mass is 32.1. The fraction of sp³-hybridized carbons (Fsp3) is 0.364. The molecule has 31 heavy (non-hydrogen) atoms. The number of benzene rings is 1. The second-order valence-electron chi connectivity index (χ2n) is 7.53. The molecule has 0 radical (unpaired) electrons. The number of hydrogen-bond acceptors (Lipinski definition) is 7. The number of piperidine rings is 1. The Balaban J connectivity index is 1.28. The molecule has 0 unspecified atom stereocenters. The topological polar surface area (TPSA) is 83.0 Å². The van der Waals surface area contributed by atoms with Crippen LogP contribution in [0.5, 0.6) is 0 Å². The highest BCUT2D eigenvalue weighted by molar-refractivity contribution is 7.15. The fourth-order valence-electron chi connectivity index (χ4n) is 3.63. The molecule has 1 amide bonds. The van der Waals surface area contributed by atoms with E-state index in [1.165, 1.54) is 23.5 Å². The van der Waals surface area contributed by atoms with Crippen LogP contribution in [-0.4, -0.2) is 45.6 Å². The number of halogens is 1. The molecule has 1 aromatic carbocycles. The second kappa shape index (κ2) is 9.93. The summed E-state index contributed by atoms with van der Waals surface area (Å²) in [4.78, 5) is 19.2. The van der Waals surface area contributed by atoms with Crippen molar-refractivity contribution in [3.8, 4) is 0 Å². The van der Waals surface area contributed by atoms with E-state index in [1.807, 2.05) is 12.1 Å². The van der Waals surface area contributed by atoms with Gasteiger partial charge in [0.2, 0.25) is 11.0 Å². The van der Waals surface area contributed by atoms with E-state index in [0.29, 0.717) is 18.2 Å². The number of pyridine rings is 1. The van der Waals surface area contributed by atoms with Crippen LogP contribution in [0.3, 0.4) is 0 Å². The summed E-state index contributed by atoms with van der Waals surface area (Å²) >= 11 is 1.54. The Morgan fingerprint density at radius 3 is 2.65 bits per heavy atom. The highest BCUT2D eigenvalue weighted by Crippen LogP contribution is 2.28. The van der Waals surface area contributed by atoms with Crippen molar-refractivity contribution in [2.45, 2.75) is 32.1 Å². The van der Waals surface area contributed by atoms with Gasteiger partial charge in [-0.3, -0.25) is 9.69 Å². The smallest absolute Gasteiger partial charge is 0.238 e. The van der Waals surface area contributed by atoms with E-state index in [-0.39, 0.29) is 11.7 Å². The van der Waals surface area contributed by atoms with Gasteiger partial charge in [0.15, 0.2) is 0 Å². The molecule has 1 fully saturated rings. The maximum Gasteiger partial charge on any atom is 0.238 e. The molecule has 2 aromatic heterocycles. The quantitative estimate of drug-likeness (QED) is 0.573. The molecule has 1 aliphatic heterocycles. The van der Waals surface area contributed by atoms with Crippen molar-refractivity contribution in [2.24, 2.45) is 0 Å². The van der Waals surface area contributed by atoms with E-state index in [1.54, 1.807) is 12.1 Å². The number of aryl methyl sites for hydroxylation is 1. The monoisotopic (exact) mass is 440 g/mol. The second-order valence-corrected chi connectivity index (χ2v) is 8.59. The predicted molar refractivity (Wildman–Crippen MR) is 120 cm³/mol. The first-order valence-corrected chi connectivity index (χ1v) is 11.2. The van der Waals surface area contributed by atoms with Crippen LogP contribution in [0, 0.1) is 5.82 Å². The van der Waals surface area contributed by atoms with Crippen LogP contribution in [0.25, 0.3) is 0 Å². The first-order chi connectivity index (χ1) is 15.1. The summed E-state index contributed by atoms with van der Waals surface area (Å²) in [6.07, 6.45) is 2.76. The van der Waals surface area contributed by atoms with Crippen LogP contribution in [0.15, 0.2) is 42.5 Å². The summed E-state index contributed by atoms with van der Waals surface area (Å²) < 4.78 is 13.0. The maximum atomic E-state index is 13.0. The van der Waals surface area contributed by atoms with Gasteiger partial charge in [0.1, 0.15) is 16.6 Å². The number of carbonyl (C=O) groups excluding carboxylic acids is 1. The standard InChI is InChI=1S/C22H25FN6OS/c1-2-21-27-28-22(31-21)26-19-5-3-4-18(25-19)15-10-12-29(13-11-15)14-20(30)24-17-8-6-16(23)7-9-17/h3-9,15H,2,10-14H2,1H3,(H,24,30)(H,25,26,28).